The molecule has 0 saturated carbocycles. The molecular formula is C9H20O3Si. The molecule has 0 aliphatic rings. The van der Waals surface area contributed by atoms with Crippen LogP contribution in [0.4, 0.5) is 0 Å². The largest absolute Gasteiger partial charge is 0.549 e. The lowest BCUT2D eigenvalue weighted by molar-refractivity contribution is 0.128. The highest BCUT2D eigenvalue weighted by Gasteiger charge is 2.14. The van der Waals surface area contributed by atoms with E-state index in [0.717, 1.165) is 12.2 Å². The predicted octanol–water partition coefficient (Wildman–Crippen LogP) is 2.11. The summed E-state index contributed by atoms with van der Waals surface area (Å²) in [6.07, 6.45) is 3.00. The predicted molar refractivity (Wildman–Crippen MR) is 55.5 cm³/mol. The first-order valence-corrected chi connectivity index (χ1v) is 6.22. The van der Waals surface area contributed by atoms with Crippen molar-refractivity contribution >= 4 is 9.53 Å². The summed E-state index contributed by atoms with van der Waals surface area (Å²) in [6.45, 7) is 9.20. The van der Waals surface area contributed by atoms with Gasteiger partial charge in [-0.25, -0.2) is 0 Å². The number of hydrogen-bond donors (Lipinski definition) is 0. The standard InChI is InChI=1S/C9H20O3Si/c1-5-8-9(4)12-13(10-6-2)11-7-3/h8,13H,5-7H2,1-4H3. The van der Waals surface area contributed by atoms with Crippen LogP contribution in [0, 0.1) is 0 Å². The Balaban J connectivity index is 3.85. The number of rotatable bonds is 7. The average molecular weight is 204 g/mol. The molecule has 0 aromatic heterocycles. The van der Waals surface area contributed by atoms with Gasteiger partial charge in [-0.15, -0.1) is 0 Å². The Morgan fingerprint density at radius 2 is 1.69 bits per heavy atom. The molecule has 0 radical (unpaired) electrons. The van der Waals surface area contributed by atoms with Crippen LogP contribution in [0.15, 0.2) is 11.8 Å². The van der Waals surface area contributed by atoms with Crippen LogP contribution in [0.25, 0.3) is 0 Å². The van der Waals surface area contributed by atoms with Crippen molar-refractivity contribution < 1.29 is 13.3 Å². The van der Waals surface area contributed by atoms with Gasteiger partial charge in [-0.3, -0.25) is 0 Å². The van der Waals surface area contributed by atoms with Crippen LogP contribution in [-0.2, 0) is 13.3 Å². The van der Waals surface area contributed by atoms with Crippen LogP contribution >= 0.6 is 0 Å². The summed E-state index contributed by atoms with van der Waals surface area (Å²) >= 11 is 0. The third-order valence-corrected chi connectivity index (χ3v) is 3.15. The first-order valence-electron chi connectivity index (χ1n) is 4.81. The van der Waals surface area contributed by atoms with E-state index in [1.807, 2.05) is 26.8 Å². The van der Waals surface area contributed by atoms with Crippen molar-refractivity contribution in [2.24, 2.45) is 0 Å². The molecule has 0 saturated heterocycles. The summed E-state index contributed by atoms with van der Waals surface area (Å²) in [4.78, 5) is 0. The van der Waals surface area contributed by atoms with Crippen LogP contribution in [0.2, 0.25) is 0 Å². The highest BCUT2D eigenvalue weighted by atomic mass is 28.3. The summed E-state index contributed by atoms with van der Waals surface area (Å²) in [5.41, 5.74) is 0. The zero-order valence-electron chi connectivity index (χ0n) is 9.00. The molecule has 0 aromatic rings. The molecule has 3 nitrogen and oxygen atoms in total. The van der Waals surface area contributed by atoms with Crippen molar-refractivity contribution in [2.45, 2.75) is 34.1 Å². The van der Waals surface area contributed by atoms with E-state index in [-0.39, 0.29) is 0 Å². The van der Waals surface area contributed by atoms with Gasteiger partial charge in [0.1, 0.15) is 0 Å². The van der Waals surface area contributed by atoms with E-state index in [9.17, 15) is 0 Å². The fourth-order valence-corrected chi connectivity index (χ4v) is 2.05. The fourth-order valence-electron chi connectivity index (χ4n) is 0.876. The van der Waals surface area contributed by atoms with Crippen LogP contribution in [0.1, 0.15) is 34.1 Å². The monoisotopic (exact) mass is 204 g/mol. The molecule has 0 spiro atoms. The summed E-state index contributed by atoms with van der Waals surface area (Å²) in [5, 5.41) is 0. The average Bonchev–Trinajstić information content (AvgIpc) is 2.05. The molecule has 0 rings (SSSR count). The van der Waals surface area contributed by atoms with Crippen molar-refractivity contribution in [3.63, 3.8) is 0 Å². The third-order valence-electron chi connectivity index (χ3n) is 1.38. The van der Waals surface area contributed by atoms with Crippen molar-refractivity contribution in [1.82, 2.24) is 0 Å². The molecule has 0 fully saturated rings. The SMILES string of the molecule is CCC=C(C)O[SiH](OCC)OCC. The van der Waals surface area contributed by atoms with Crippen molar-refractivity contribution in [3.8, 4) is 0 Å². The molecule has 0 aliphatic carbocycles. The first-order chi connectivity index (χ1) is 6.24. The molecule has 0 amide bonds. The van der Waals surface area contributed by atoms with Gasteiger partial charge in [0, 0.05) is 13.2 Å². The normalized spacial score (nSPS) is 12.2. The van der Waals surface area contributed by atoms with Crippen LogP contribution in [-0.4, -0.2) is 22.7 Å². The minimum absolute atomic E-state index is 0.649. The van der Waals surface area contributed by atoms with E-state index in [2.05, 4.69) is 6.92 Å². The van der Waals surface area contributed by atoms with E-state index in [4.69, 9.17) is 13.3 Å². The lowest BCUT2D eigenvalue weighted by Gasteiger charge is -2.16. The summed E-state index contributed by atoms with van der Waals surface area (Å²) in [7, 11) is -1.89. The third kappa shape index (κ3) is 6.80. The van der Waals surface area contributed by atoms with Gasteiger partial charge >= 0.3 is 9.53 Å². The minimum Gasteiger partial charge on any atom is -0.507 e. The molecular weight excluding hydrogens is 184 g/mol. The Bertz CT molecular complexity index is 142. The highest BCUT2D eigenvalue weighted by Crippen LogP contribution is 2.02. The molecule has 0 N–H and O–H groups in total. The second-order valence-electron chi connectivity index (χ2n) is 2.54. The molecule has 78 valence electrons. The van der Waals surface area contributed by atoms with E-state index in [0.29, 0.717) is 13.2 Å². The Labute approximate surface area is 82.7 Å². The lowest BCUT2D eigenvalue weighted by atomic mass is 10.4. The summed E-state index contributed by atoms with van der Waals surface area (Å²) < 4.78 is 16.2. The van der Waals surface area contributed by atoms with Gasteiger partial charge in [-0.05, 0) is 33.3 Å². The van der Waals surface area contributed by atoms with Gasteiger partial charge in [0.05, 0.1) is 5.76 Å². The molecule has 0 aromatic carbocycles. The zero-order chi connectivity index (χ0) is 10.1. The second kappa shape index (κ2) is 8.28. The van der Waals surface area contributed by atoms with Gasteiger partial charge in [0.25, 0.3) is 0 Å². The van der Waals surface area contributed by atoms with Crippen molar-refractivity contribution in [1.29, 1.82) is 0 Å². The maximum Gasteiger partial charge on any atom is 0.549 e. The van der Waals surface area contributed by atoms with Gasteiger partial charge in [-0.2, -0.15) is 0 Å². The molecule has 0 bridgehead atoms. The quantitative estimate of drug-likeness (QED) is 0.469. The Kier molecular flexibility index (Phi) is 8.08. The zero-order valence-corrected chi connectivity index (χ0v) is 10.2. The van der Waals surface area contributed by atoms with Crippen LogP contribution in [0.3, 0.4) is 0 Å². The molecule has 0 atom stereocenters. The maximum absolute atomic E-state index is 5.53. The van der Waals surface area contributed by atoms with Crippen molar-refractivity contribution in [3.05, 3.63) is 11.8 Å². The highest BCUT2D eigenvalue weighted by molar-refractivity contribution is 6.36. The topological polar surface area (TPSA) is 27.7 Å². The lowest BCUT2D eigenvalue weighted by Crippen LogP contribution is -2.26. The van der Waals surface area contributed by atoms with Crippen LogP contribution in [0.5, 0.6) is 0 Å². The maximum atomic E-state index is 5.53. The van der Waals surface area contributed by atoms with E-state index in [1.54, 1.807) is 0 Å². The van der Waals surface area contributed by atoms with Gasteiger partial charge in [0.15, 0.2) is 0 Å². The van der Waals surface area contributed by atoms with E-state index >= 15 is 0 Å². The molecule has 13 heavy (non-hydrogen) atoms. The van der Waals surface area contributed by atoms with E-state index in [1.165, 1.54) is 0 Å². The number of allylic oxidation sites excluding steroid dienone is 2. The molecule has 0 aliphatic heterocycles. The molecule has 0 heterocycles. The number of hydrogen-bond acceptors (Lipinski definition) is 3. The molecule has 0 unspecified atom stereocenters. The van der Waals surface area contributed by atoms with Gasteiger partial charge in [-0.1, -0.05) is 6.92 Å². The summed E-state index contributed by atoms with van der Waals surface area (Å²) in [6, 6.07) is 0. The Morgan fingerprint density at radius 1 is 1.15 bits per heavy atom. The van der Waals surface area contributed by atoms with Gasteiger partial charge in [0.2, 0.25) is 0 Å². The second-order valence-corrected chi connectivity index (χ2v) is 4.02. The first kappa shape index (κ1) is 12.7. The fraction of sp³-hybridized carbons (Fsp3) is 0.778. The van der Waals surface area contributed by atoms with Gasteiger partial charge < -0.3 is 13.3 Å². The smallest absolute Gasteiger partial charge is 0.507 e. The van der Waals surface area contributed by atoms with Crippen LogP contribution < -0.4 is 0 Å². The molecule has 4 heteroatoms. The minimum atomic E-state index is -1.89. The Hall–Kier alpha value is -0.323. The summed E-state index contributed by atoms with van der Waals surface area (Å²) in [5.74, 6) is 0.904. The van der Waals surface area contributed by atoms with Crippen molar-refractivity contribution in [2.75, 3.05) is 13.2 Å². The van der Waals surface area contributed by atoms with E-state index < -0.39 is 9.53 Å². The Morgan fingerprint density at radius 3 is 2.08 bits per heavy atom.